The molecule has 0 aliphatic carbocycles. The van der Waals surface area contributed by atoms with Crippen LogP contribution in [0.1, 0.15) is 0 Å². The molecule has 0 aromatic heterocycles. The zero-order valence-corrected chi connectivity index (χ0v) is 10.2. The van der Waals surface area contributed by atoms with Crippen molar-refractivity contribution in [2.75, 3.05) is 12.8 Å². The zero-order valence-electron chi connectivity index (χ0n) is 9.38. The molecule has 0 atom stereocenters. The highest BCUT2D eigenvalue weighted by Crippen LogP contribution is 2.36. The van der Waals surface area contributed by atoms with Crippen LogP contribution in [-0.4, -0.2) is 12.2 Å². The first-order valence-electron chi connectivity index (χ1n) is 5.09. The molecule has 0 aliphatic rings. The zero-order chi connectivity index (χ0) is 12.3. The van der Waals surface area contributed by atoms with E-state index in [9.17, 15) is 5.11 Å². The highest BCUT2D eigenvalue weighted by Gasteiger charge is 2.05. The van der Waals surface area contributed by atoms with Gasteiger partial charge in [-0.1, -0.05) is 11.8 Å². The van der Waals surface area contributed by atoms with Gasteiger partial charge >= 0.3 is 0 Å². The maximum atomic E-state index is 9.21. The Morgan fingerprint density at radius 1 is 1.12 bits per heavy atom. The molecule has 17 heavy (non-hydrogen) atoms. The Morgan fingerprint density at radius 3 is 2.47 bits per heavy atom. The fourth-order valence-corrected chi connectivity index (χ4v) is 2.31. The van der Waals surface area contributed by atoms with Gasteiger partial charge in [-0.15, -0.1) is 0 Å². The van der Waals surface area contributed by atoms with Gasteiger partial charge in [0.25, 0.3) is 0 Å². The Morgan fingerprint density at radius 2 is 1.82 bits per heavy atom. The molecule has 0 fully saturated rings. The number of hydrogen-bond acceptors (Lipinski definition) is 4. The molecule has 2 aromatic rings. The summed E-state index contributed by atoms with van der Waals surface area (Å²) in [4.78, 5) is 2.03. The van der Waals surface area contributed by atoms with Crippen molar-refractivity contribution < 1.29 is 9.84 Å². The van der Waals surface area contributed by atoms with Crippen LogP contribution in [-0.2, 0) is 0 Å². The van der Waals surface area contributed by atoms with Crippen LogP contribution in [0, 0.1) is 0 Å². The summed E-state index contributed by atoms with van der Waals surface area (Å²) in [5.41, 5.74) is 6.37. The van der Waals surface area contributed by atoms with Gasteiger partial charge in [-0.25, -0.2) is 0 Å². The molecule has 0 spiro atoms. The molecule has 3 N–H and O–H groups in total. The Hall–Kier alpha value is -1.81. The molecule has 0 saturated carbocycles. The van der Waals surface area contributed by atoms with Crippen LogP contribution in [0.3, 0.4) is 0 Å². The van der Waals surface area contributed by atoms with Crippen LogP contribution < -0.4 is 10.5 Å². The van der Waals surface area contributed by atoms with Crippen LogP contribution in [0.5, 0.6) is 11.5 Å². The van der Waals surface area contributed by atoms with E-state index in [0.29, 0.717) is 5.69 Å². The van der Waals surface area contributed by atoms with E-state index in [1.54, 1.807) is 37.1 Å². The van der Waals surface area contributed by atoms with Gasteiger partial charge in [0.05, 0.1) is 12.0 Å². The fourth-order valence-electron chi connectivity index (χ4n) is 1.41. The second-order valence-electron chi connectivity index (χ2n) is 3.51. The second kappa shape index (κ2) is 5.01. The Labute approximate surface area is 104 Å². The fraction of sp³-hybridized carbons (Fsp3) is 0.0769. The van der Waals surface area contributed by atoms with Gasteiger partial charge < -0.3 is 15.6 Å². The van der Waals surface area contributed by atoms with Gasteiger partial charge in [-0.05, 0) is 36.4 Å². The van der Waals surface area contributed by atoms with Crippen molar-refractivity contribution in [2.45, 2.75) is 9.79 Å². The third kappa shape index (κ3) is 2.85. The Bertz CT molecular complexity index is 511. The summed E-state index contributed by atoms with van der Waals surface area (Å²) in [7, 11) is 1.62. The van der Waals surface area contributed by atoms with Gasteiger partial charge in [-0.3, -0.25) is 0 Å². The molecule has 3 nitrogen and oxygen atoms in total. The van der Waals surface area contributed by atoms with E-state index in [4.69, 9.17) is 10.5 Å². The highest BCUT2D eigenvalue weighted by atomic mass is 32.2. The Kier molecular flexibility index (Phi) is 3.44. The number of methoxy groups -OCH3 is 1. The maximum absolute atomic E-state index is 9.21. The smallest absolute Gasteiger partial charge is 0.134 e. The minimum atomic E-state index is 0.263. The summed E-state index contributed by atoms with van der Waals surface area (Å²) >= 11 is 1.56. The maximum Gasteiger partial charge on any atom is 0.134 e. The van der Waals surface area contributed by atoms with Crippen molar-refractivity contribution in [1.29, 1.82) is 0 Å². The summed E-state index contributed by atoms with van der Waals surface area (Å²) in [5.74, 6) is 1.02. The van der Waals surface area contributed by atoms with E-state index >= 15 is 0 Å². The van der Waals surface area contributed by atoms with Crippen molar-refractivity contribution in [3.8, 4) is 11.5 Å². The molecule has 0 aliphatic heterocycles. The molecule has 4 heteroatoms. The lowest BCUT2D eigenvalue weighted by Crippen LogP contribution is -1.90. The molecule has 2 rings (SSSR count). The van der Waals surface area contributed by atoms with Crippen molar-refractivity contribution in [3.05, 3.63) is 42.5 Å². The van der Waals surface area contributed by atoms with Crippen LogP contribution in [0.25, 0.3) is 0 Å². The third-order valence-electron chi connectivity index (χ3n) is 2.25. The number of benzene rings is 2. The minimum absolute atomic E-state index is 0.263. The SMILES string of the molecule is COc1cc(N)ccc1Sc1ccc(O)cc1. The average Bonchev–Trinajstić information content (AvgIpc) is 2.34. The number of phenols is 1. The summed E-state index contributed by atoms with van der Waals surface area (Å²) in [6.45, 7) is 0. The van der Waals surface area contributed by atoms with E-state index in [2.05, 4.69) is 0 Å². The summed E-state index contributed by atoms with van der Waals surface area (Å²) in [6, 6.07) is 12.6. The van der Waals surface area contributed by atoms with Gasteiger partial charge in [0.1, 0.15) is 11.5 Å². The quantitative estimate of drug-likeness (QED) is 0.818. The minimum Gasteiger partial charge on any atom is -0.508 e. The molecule has 0 saturated heterocycles. The van der Waals surface area contributed by atoms with E-state index in [1.165, 1.54) is 0 Å². The van der Waals surface area contributed by atoms with Crippen LogP contribution in [0.15, 0.2) is 52.3 Å². The summed E-state index contributed by atoms with van der Waals surface area (Å²) < 4.78 is 5.27. The monoisotopic (exact) mass is 247 g/mol. The second-order valence-corrected chi connectivity index (χ2v) is 4.62. The van der Waals surface area contributed by atoms with E-state index in [1.807, 2.05) is 24.3 Å². The van der Waals surface area contributed by atoms with E-state index in [-0.39, 0.29) is 5.75 Å². The molecule has 2 aromatic carbocycles. The predicted octanol–water partition coefficient (Wildman–Crippen LogP) is 3.13. The van der Waals surface area contributed by atoms with E-state index < -0.39 is 0 Å². The summed E-state index contributed by atoms with van der Waals surface area (Å²) in [5, 5.41) is 9.21. The number of nitrogens with two attached hydrogens (primary N) is 1. The van der Waals surface area contributed by atoms with Crippen LogP contribution >= 0.6 is 11.8 Å². The van der Waals surface area contributed by atoms with Gasteiger partial charge in [0.2, 0.25) is 0 Å². The molecular weight excluding hydrogens is 234 g/mol. The van der Waals surface area contributed by atoms with Crippen LogP contribution in [0.2, 0.25) is 0 Å². The topological polar surface area (TPSA) is 55.5 Å². The number of hydrogen-bond donors (Lipinski definition) is 2. The standard InChI is InChI=1S/C13H13NO2S/c1-16-12-8-9(14)2-7-13(12)17-11-5-3-10(15)4-6-11/h2-8,15H,14H2,1H3. The average molecular weight is 247 g/mol. The third-order valence-corrected chi connectivity index (χ3v) is 3.32. The van der Waals surface area contributed by atoms with Crippen molar-refractivity contribution in [1.82, 2.24) is 0 Å². The van der Waals surface area contributed by atoms with Crippen LogP contribution in [0.4, 0.5) is 5.69 Å². The van der Waals surface area contributed by atoms with Gasteiger partial charge in [-0.2, -0.15) is 0 Å². The normalized spacial score (nSPS) is 10.2. The van der Waals surface area contributed by atoms with Crippen molar-refractivity contribution in [2.24, 2.45) is 0 Å². The largest absolute Gasteiger partial charge is 0.508 e. The number of anilines is 1. The Balaban J connectivity index is 2.26. The van der Waals surface area contributed by atoms with Crippen molar-refractivity contribution >= 4 is 17.4 Å². The lowest BCUT2D eigenvalue weighted by molar-refractivity contribution is 0.405. The molecule has 0 radical (unpaired) electrons. The van der Waals surface area contributed by atoms with Gasteiger partial charge in [0.15, 0.2) is 0 Å². The number of ether oxygens (including phenoxy) is 1. The number of nitrogen functional groups attached to an aromatic ring is 1. The lowest BCUT2D eigenvalue weighted by Gasteiger charge is -2.08. The molecule has 0 bridgehead atoms. The lowest BCUT2D eigenvalue weighted by atomic mass is 10.3. The van der Waals surface area contributed by atoms with Crippen molar-refractivity contribution in [3.63, 3.8) is 0 Å². The first-order chi connectivity index (χ1) is 8.19. The molecular formula is C13H13NO2S. The highest BCUT2D eigenvalue weighted by molar-refractivity contribution is 7.99. The predicted molar refractivity (Wildman–Crippen MR) is 69.6 cm³/mol. The molecule has 0 amide bonds. The number of phenolic OH excluding ortho intramolecular Hbond substituents is 1. The van der Waals surface area contributed by atoms with E-state index in [0.717, 1.165) is 15.5 Å². The number of rotatable bonds is 3. The first kappa shape index (κ1) is 11.7. The molecule has 0 heterocycles. The first-order valence-corrected chi connectivity index (χ1v) is 5.91. The van der Waals surface area contributed by atoms with Gasteiger partial charge in [0, 0.05) is 16.6 Å². The number of aromatic hydroxyl groups is 1. The molecule has 88 valence electrons. The molecule has 0 unspecified atom stereocenters. The summed E-state index contributed by atoms with van der Waals surface area (Å²) in [6.07, 6.45) is 0.